The van der Waals surface area contributed by atoms with E-state index in [4.69, 9.17) is 0 Å². The summed E-state index contributed by atoms with van der Waals surface area (Å²) in [4.78, 5) is 13.6. The van der Waals surface area contributed by atoms with E-state index in [1.54, 1.807) is 0 Å². The maximum atomic E-state index is 11.6. The van der Waals surface area contributed by atoms with E-state index in [1.165, 1.54) is 12.8 Å². The first kappa shape index (κ1) is 10.5. The number of hydrogen-bond acceptors (Lipinski definition) is 2. The number of nitrogens with zero attached hydrogens (tertiary/aromatic N) is 1. The van der Waals surface area contributed by atoms with Gasteiger partial charge >= 0.3 is 0 Å². The summed E-state index contributed by atoms with van der Waals surface area (Å²) in [5.41, 5.74) is 0. The Labute approximate surface area is 80.5 Å². The summed E-state index contributed by atoms with van der Waals surface area (Å²) in [6.45, 7) is 6.75. The monoisotopic (exact) mass is 184 g/mol. The number of hydrogen-bond donors (Lipinski definition) is 1. The van der Waals surface area contributed by atoms with E-state index in [-0.39, 0.29) is 0 Å². The van der Waals surface area contributed by atoms with E-state index in [0.29, 0.717) is 18.4 Å². The Balaban J connectivity index is 2.19. The van der Waals surface area contributed by atoms with Gasteiger partial charge in [0.2, 0.25) is 5.91 Å². The van der Waals surface area contributed by atoms with Crippen LogP contribution in [0.5, 0.6) is 0 Å². The molecule has 1 N–H and O–H groups in total. The van der Waals surface area contributed by atoms with E-state index < -0.39 is 0 Å². The molecule has 1 aliphatic rings. The van der Waals surface area contributed by atoms with Gasteiger partial charge in [-0.3, -0.25) is 4.79 Å². The van der Waals surface area contributed by atoms with Crippen LogP contribution in [0, 0.1) is 0 Å². The van der Waals surface area contributed by atoms with Crippen LogP contribution in [0.1, 0.15) is 33.1 Å². The summed E-state index contributed by atoms with van der Waals surface area (Å²) in [5, 5.41) is 3.17. The highest BCUT2D eigenvalue weighted by Gasteiger charge is 2.30. The van der Waals surface area contributed by atoms with Crippen molar-refractivity contribution >= 4 is 5.91 Å². The fourth-order valence-corrected chi connectivity index (χ4v) is 1.54. The lowest BCUT2D eigenvalue weighted by Gasteiger charge is -2.20. The molecule has 0 heterocycles. The van der Waals surface area contributed by atoms with Gasteiger partial charge in [0.05, 0.1) is 0 Å². The molecule has 0 spiro atoms. The normalized spacial score (nSPS) is 15.8. The number of nitrogens with one attached hydrogen (secondary N) is 1. The minimum atomic E-state index is 0.311. The molecule has 0 unspecified atom stereocenters. The SMILES string of the molecule is CCNCCC(=O)N(CC)C1CC1. The van der Waals surface area contributed by atoms with Gasteiger partial charge in [0.15, 0.2) is 0 Å². The molecule has 1 saturated carbocycles. The van der Waals surface area contributed by atoms with Crippen molar-refractivity contribution in [3.63, 3.8) is 0 Å². The summed E-state index contributed by atoms with van der Waals surface area (Å²) in [7, 11) is 0. The zero-order chi connectivity index (χ0) is 9.68. The molecule has 1 aliphatic carbocycles. The van der Waals surface area contributed by atoms with E-state index in [2.05, 4.69) is 19.2 Å². The number of rotatable bonds is 6. The topological polar surface area (TPSA) is 32.3 Å². The van der Waals surface area contributed by atoms with Crippen molar-refractivity contribution in [2.75, 3.05) is 19.6 Å². The third kappa shape index (κ3) is 3.35. The van der Waals surface area contributed by atoms with Gasteiger partial charge in [-0.25, -0.2) is 0 Å². The lowest BCUT2D eigenvalue weighted by Crippen LogP contribution is -2.34. The maximum absolute atomic E-state index is 11.6. The lowest BCUT2D eigenvalue weighted by atomic mass is 10.3. The molecule has 1 amide bonds. The van der Waals surface area contributed by atoms with Crippen molar-refractivity contribution in [2.24, 2.45) is 0 Å². The molecule has 76 valence electrons. The molecule has 0 aliphatic heterocycles. The summed E-state index contributed by atoms with van der Waals surface area (Å²) in [5.74, 6) is 0.311. The Hall–Kier alpha value is -0.570. The van der Waals surface area contributed by atoms with Crippen molar-refractivity contribution in [1.29, 1.82) is 0 Å². The molecule has 0 atom stereocenters. The lowest BCUT2D eigenvalue weighted by molar-refractivity contribution is -0.131. The first-order valence-corrected chi connectivity index (χ1v) is 5.29. The van der Waals surface area contributed by atoms with Crippen molar-refractivity contribution in [1.82, 2.24) is 10.2 Å². The summed E-state index contributed by atoms with van der Waals surface area (Å²) >= 11 is 0. The Morgan fingerprint density at radius 3 is 2.62 bits per heavy atom. The average Bonchev–Trinajstić information content (AvgIpc) is 2.90. The predicted molar refractivity (Wildman–Crippen MR) is 53.6 cm³/mol. The summed E-state index contributed by atoms with van der Waals surface area (Å²) < 4.78 is 0. The highest BCUT2D eigenvalue weighted by Crippen LogP contribution is 2.26. The smallest absolute Gasteiger partial charge is 0.224 e. The van der Waals surface area contributed by atoms with Gasteiger partial charge in [-0.2, -0.15) is 0 Å². The average molecular weight is 184 g/mol. The Bertz CT molecular complexity index is 166. The predicted octanol–water partition coefficient (Wildman–Crippen LogP) is 0.997. The fourth-order valence-electron chi connectivity index (χ4n) is 1.54. The standard InChI is InChI=1S/C10H20N2O/c1-3-11-8-7-10(13)12(4-2)9-5-6-9/h9,11H,3-8H2,1-2H3. The second-order valence-electron chi connectivity index (χ2n) is 3.51. The molecule has 0 radical (unpaired) electrons. The zero-order valence-electron chi connectivity index (χ0n) is 8.68. The van der Waals surface area contributed by atoms with Crippen LogP contribution < -0.4 is 5.32 Å². The molecule has 3 heteroatoms. The Morgan fingerprint density at radius 1 is 1.46 bits per heavy atom. The van der Waals surface area contributed by atoms with Gasteiger partial charge in [-0.05, 0) is 26.3 Å². The highest BCUT2D eigenvalue weighted by molar-refractivity contribution is 5.77. The second kappa shape index (κ2) is 5.22. The van der Waals surface area contributed by atoms with Gasteiger partial charge in [-0.15, -0.1) is 0 Å². The second-order valence-corrected chi connectivity index (χ2v) is 3.51. The molecule has 1 rings (SSSR count). The van der Waals surface area contributed by atoms with E-state index in [9.17, 15) is 4.79 Å². The maximum Gasteiger partial charge on any atom is 0.224 e. The molecule has 0 aromatic carbocycles. The van der Waals surface area contributed by atoms with Crippen LogP contribution in [0.4, 0.5) is 0 Å². The van der Waals surface area contributed by atoms with Gasteiger partial charge < -0.3 is 10.2 Å². The molecule has 0 saturated heterocycles. The number of carbonyl (C=O) groups is 1. The minimum Gasteiger partial charge on any atom is -0.340 e. The van der Waals surface area contributed by atoms with Crippen molar-refractivity contribution in [3.05, 3.63) is 0 Å². The van der Waals surface area contributed by atoms with Gasteiger partial charge in [-0.1, -0.05) is 6.92 Å². The van der Waals surface area contributed by atoms with Crippen molar-refractivity contribution < 1.29 is 4.79 Å². The molecule has 1 fully saturated rings. The third-order valence-corrected chi connectivity index (χ3v) is 2.41. The molecule has 3 nitrogen and oxygen atoms in total. The summed E-state index contributed by atoms with van der Waals surface area (Å²) in [6.07, 6.45) is 3.07. The molecular weight excluding hydrogens is 164 g/mol. The minimum absolute atomic E-state index is 0.311. The van der Waals surface area contributed by atoms with Crippen LogP contribution in [0.15, 0.2) is 0 Å². The number of amides is 1. The molecule has 13 heavy (non-hydrogen) atoms. The third-order valence-electron chi connectivity index (χ3n) is 2.41. The van der Waals surface area contributed by atoms with Gasteiger partial charge in [0.25, 0.3) is 0 Å². The van der Waals surface area contributed by atoms with Crippen LogP contribution >= 0.6 is 0 Å². The van der Waals surface area contributed by atoms with Crippen LogP contribution in [-0.2, 0) is 4.79 Å². The summed E-state index contributed by atoms with van der Waals surface area (Å²) in [6, 6.07) is 0.569. The molecule has 0 aromatic heterocycles. The van der Waals surface area contributed by atoms with E-state index in [1.807, 2.05) is 4.90 Å². The van der Waals surface area contributed by atoms with Crippen molar-refractivity contribution in [2.45, 2.75) is 39.2 Å². The molecular formula is C10H20N2O. The molecule has 0 bridgehead atoms. The van der Waals surface area contributed by atoms with Crippen LogP contribution in [0.3, 0.4) is 0 Å². The Morgan fingerprint density at radius 2 is 2.15 bits per heavy atom. The quantitative estimate of drug-likeness (QED) is 0.624. The largest absolute Gasteiger partial charge is 0.340 e. The van der Waals surface area contributed by atoms with Gasteiger partial charge in [0, 0.05) is 25.6 Å². The van der Waals surface area contributed by atoms with E-state index >= 15 is 0 Å². The zero-order valence-corrected chi connectivity index (χ0v) is 8.68. The van der Waals surface area contributed by atoms with E-state index in [0.717, 1.165) is 19.6 Å². The van der Waals surface area contributed by atoms with Crippen LogP contribution in [0.2, 0.25) is 0 Å². The highest BCUT2D eigenvalue weighted by atomic mass is 16.2. The molecule has 0 aromatic rings. The number of carbonyl (C=O) groups excluding carboxylic acids is 1. The first-order chi connectivity index (χ1) is 6.29. The van der Waals surface area contributed by atoms with Gasteiger partial charge in [0.1, 0.15) is 0 Å². The van der Waals surface area contributed by atoms with Crippen LogP contribution in [-0.4, -0.2) is 36.5 Å². The van der Waals surface area contributed by atoms with Crippen LogP contribution in [0.25, 0.3) is 0 Å². The van der Waals surface area contributed by atoms with Crippen molar-refractivity contribution in [3.8, 4) is 0 Å². The Kier molecular flexibility index (Phi) is 4.22. The first-order valence-electron chi connectivity index (χ1n) is 5.29. The fraction of sp³-hybridized carbons (Fsp3) is 0.900.